The Morgan fingerprint density at radius 2 is 1.83 bits per heavy atom. The Bertz CT molecular complexity index is 1250. The van der Waals surface area contributed by atoms with Crippen LogP contribution in [-0.2, 0) is 0 Å². The minimum absolute atomic E-state index is 0.131. The van der Waals surface area contributed by atoms with Crippen LogP contribution in [0.4, 0.5) is 0 Å². The Balaban J connectivity index is 1.71. The van der Waals surface area contributed by atoms with Crippen LogP contribution in [-0.4, -0.2) is 29.3 Å². The maximum Gasteiger partial charge on any atom is 0.272 e. The zero-order chi connectivity index (χ0) is 20.9. The predicted octanol–water partition coefficient (Wildman–Crippen LogP) is 4.38. The molecule has 0 aliphatic rings. The molecule has 0 aliphatic heterocycles. The first-order valence-corrected chi connectivity index (χ1v) is 9.31. The minimum Gasteiger partial charge on any atom is -0.508 e. The average Bonchev–Trinajstić information content (AvgIpc) is 2.78. The number of pyridine rings is 1. The highest BCUT2D eigenvalue weighted by atomic mass is 16.5. The van der Waals surface area contributed by atoms with Gasteiger partial charge in [-0.2, -0.15) is 5.10 Å². The van der Waals surface area contributed by atoms with Crippen LogP contribution in [0.25, 0.3) is 22.2 Å². The highest BCUT2D eigenvalue weighted by Gasteiger charge is 2.15. The molecule has 0 saturated carbocycles. The van der Waals surface area contributed by atoms with Gasteiger partial charge in [0.05, 0.1) is 30.1 Å². The Hall–Kier alpha value is -4.19. The van der Waals surface area contributed by atoms with Gasteiger partial charge in [0, 0.05) is 10.9 Å². The quantitative estimate of drug-likeness (QED) is 0.387. The smallest absolute Gasteiger partial charge is 0.272 e. The molecule has 4 aromatic rings. The molecule has 0 radical (unpaired) electrons. The molecule has 0 bridgehead atoms. The van der Waals surface area contributed by atoms with E-state index in [0.717, 1.165) is 10.9 Å². The summed E-state index contributed by atoms with van der Waals surface area (Å²) in [5.41, 5.74) is 5.80. The summed E-state index contributed by atoms with van der Waals surface area (Å²) in [5, 5.41) is 14.3. The van der Waals surface area contributed by atoms with Gasteiger partial charge in [0.2, 0.25) is 0 Å². The number of fused-ring (bicyclic) bond motifs is 1. The number of ether oxygens (including phenoxy) is 1. The molecule has 0 unspecified atom stereocenters. The Labute approximate surface area is 173 Å². The van der Waals surface area contributed by atoms with E-state index in [1.165, 1.54) is 6.21 Å². The third-order valence-corrected chi connectivity index (χ3v) is 4.59. The minimum atomic E-state index is -0.360. The molecule has 4 rings (SSSR count). The number of carbonyl (C=O) groups excluding carboxylic acids is 1. The summed E-state index contributed by atoms with van der Waals surface area (Å²) >= 11 is 0. The van der Waals surface area contributed by atoms with Gasteiger partial charge in [0.25, 0.3) is 5.91 Å². The summed E-state index contributed by atoms with van der Waals surface area (Å²) in [4.78, 5) is 17.6. The Morgan fingerprint density at radius 3 is 2.67 bits per heavy atom. The standard InChI is InChI=1S/C24H19N3O3/c1-30-23-12-5-3-10-19(23)22-14-20(18-9-2-4-11-21(18)26-22)24(29)27-25-15-16-7-6-8-17(28)13-16/h2-15,28H,1H3,(H,27,29)/b25-15+. The lowest BCUT2D eigenvalue weighted by Gasteiger charge is -2.11. The number of benzene rings is 3. The van der Waals surface area contributed by atoms with Crippen LogP contribution in [0.3, 0.4) is 0 Å². The number of carbonyl (C=O) groups is 1. The van der Waals surface area contributed by atoms with Crippen molar-refractivity contribution in [3.8, 4) is 22.8 Å². The zero-order valence-electron chi connectivity index (χ0n) is 16.2. The van der Waals surface area contributed by atoms with Gasteiger partial charge in [-0.25, -0.2) is 10.4 Å². The van der Waals surface area contributed by atoms with Gasteiger partial charge in [-0.05, 0) is 42.0 Å². The van der Waals surface area contributed by atoms with Crippen molar-refractivity contribution in [1.82, 2.24) is 10.4 Å². The van der Waals surface area contributed by atoms with E-state index in [1.807, 2.05) is 48.5 Å². The highest BCUT2D eigenvalue weighted by molar-refractivity contribution is 6.07. The molecule has 0 aliphatic carbocycles. The summed E-state index contributed by atoms with van der Waals surface area (Å²) in [6.45, 7) is 0. The predicted molar refractivity (Wildman–Crippen MR) is 117 cm³/mol. The van der Waals surface area contributed by atoms with Gasteiger partial charge < -0.3 is 9.84 Å². The van der Waals surface area contributed by atoms with Crippen molar-refractivity contribution in [2.45, 2.75) is 0 Å². The number of nitrogens with one attached hydrogen (secondary N) is 1. The molecule has 6 nitrogen and oxygen atoms in total. The molecule has 1 aromatic heterocycles. The SMILES string of the molecule is COc1ccccc1-c1cc(C(=O)N/N=C/c2cccc(O)c2)c2ccccc2n1. The lowest BCUT2D eigenvalue weighted by atomic mass is 10.0. The summed E-state index contributed by atoms with van der Waals surface area (Å²) < 4.78 is 5.45. The fourth-order valence-corrected chi connectivity index (χ4v) is 3.19. The second kappa shape index (κ2) is 8.45. The number of hydrogen-bond donors (Lipinski definition) is 2. The molecule has 30 heavy (non-hydrogen) atoms. The van der Waals surface area contributed by atoms with Gasteiger partial charge in [-0.15, -0.1) is 0 Å². The van der Waals surface area contributed by atoms with Crippen LogP contribution in [0.2, 0.25) is 0 Å². The van der Waals surface area contributed by atoms with Crippen molar-refractivity contribution in [2.24, 2.45) is 5.10 Å². The molecule has 148 valence electrons. The van der Waals surface area contributed by atoms with Gasteiger partial charge in [-0.1, -0.05) is 42.5 Å². The number of phenolic OH excluding ortho intramolecular Hbond substituents is 1. The first-order valence-electron chi connectivity index (χ1n) is 9.31. The normalized spacial score (nSPS) is 11.0. The third-order valence-electron chi connectivity index (χ3n) is 4.59. The molecular weight excluding hydrogens is 378 g/mol. The largest absolute Gasteiger partial charge is 0.508 e. The van der Waals surface area contributed by atoms with Crippen LogP contribution in [0.1, 0.15) is 15.9 Å². The lowest BCUT2D eigenvalue weighted by molar-refractivity contribution is 0.0956. The van der Waals surface area contributed by atoms with Crippen molar-refractivity contribution in [1.29, 1.82) is 0 Å². The number of hydrogen-bond acceptors (Lipinski definition) is 5. The molecule has 3 aromatic carbocycles. The summed E-state index contributed by atoms with van der Waals surface area (Å²) in [6, 6.07) is 23.3. The van der Waals surface area contributed by atoms with Gasteiger partial charge >= 0.3 is 0 Å². The number of methoxy groups -OCH3 is 1. The van der Waals surface area contributed by atoms with Gasteiger partial charge in [-0.3, -0.25) is 4.79 Å². The Morgan fingerprint density at radius 1 is 1.03 bits per heavy atom. The zero-order valence-corrected chi connectivity index (χ0v) is 16.2. The number of phenols is 1. The van der Waals surface area contributed by atoms with E-state index < -0.39 is 0 Å². The van der Waals surface area contributed by atoms with E-state index in [2.05, 4.69) is 10.5 Å². The second-order valence-corrected chi connectivity index (χ2v) is 6.57. The maximum absolute atomic E-state index is 12.9. The number of aromatic nitrogens is 1. The number of nitrogens with zero attached hydrogens (tertiary/aromatic N) is 2. The fraction of sp³-hybridized carbons (Fsp3) is 0.0417. The van der Waals surface area contributed by atoms with Crippen molar-refractivity contribution in [3.05, 3.63) is 90.0 Å². The molecular formula is C24H19N3O3. The number of aromatic hydroxyl groups is 1. The highest BCUT2D eigenvalue weighted by Crippen LogP contribution is 2.31. The Kier molecular flexibility index (Phi) is 5.39. The van der Waals surface area contributed by atoms with E-state index in [0.29, 0.717) is 28.1 Å². The van der Waals surface area contributed by atoms with Crippen molar-refractivity contribution < 1.29 is 14.6 Å². The van der Waals surface area contributed by atoms with Crippen LogP contribution >= 0.6 is 0 Å². The monoisotopic (exact) mass is 397 g/mol. The van der Waals surface area contributed by atoms with E-state index >= 15 is 0 Å². The molecule has 0 atom stereocenters. The maximum atomic E-state index is 12.9. The molecule has 0 fully saturated rings. The molecule has 0 spiro atoms. The molecule has 1 heterocycles. The lowest BCUT2D eigenvalue weighted by Crippen LogP contribution is -2.18. The molecule has 0 saturated heterocycles. The second-order valence-electron chi connectivity index (χ2n) is 6.57. The number of para-hydroxylation sites is 2. The average molecular weight is 397 g/mol. The van der Waals surface area contributed by atoms with Crippen LogP contribution in [0.15, 0.2) is 84.0 Å². The van der Waals surface area contributed by atoms with E-state index in [9.17, 15) is 9.90 Å². The van der Waals surface area contributed by atoms with Crippen LogP contribution < -0.4 is 10.2 Å². The summed E-state index contributed by atoms with van der Waals surface area (Å²) in [6.07, 6.45) is 1.47. The van der Waals surface area contributed by atoms with E-state index in [4.69, 9.17) is 9.72 Å². The topological polar surface area (TPSA) is 83.8 Å². The third kappa shape index (κ3) is 3.98. The number of rotatable bonds is 5. The molecule has 2 N–H and O–H groups in total. The van der Waals surface area contributed by atoms with Crippen molar-refractivity contribution in [3.63, 3.8) is 0 Å². The summed E-state index contributed by atoms with van der Waals surface area (Å²) in [5.74, 6) is 0.446. The van der Waals surface area contributed by atoms with Gasteiger partial charge in [0.15, 0.2) is 0 Å². The van der Waals surface area contributed by atoms with Crippen molar-refractivity contribution >= 4 is 23.0 Å². The summed E-state index contributed by atoms with van der Waals surface area (Å²) in [7, 11) is 1.60. The number of amides is 1. The van der Waals surface area contributed by atoms with E-state index in [-0.39, 0.29) is 11.7 Å². The first kappa shape index (κ1) is 19.1. The fourth-order valence-electron chi connectivity index (χ4n) is 3.19. The first-order chi connectivity index (χ1) is 14.7. The molecule has 1 amide bonds. The van der Waals surface area contributed by atoms with E-state index in [1.54, 1.807) is 37.4 Å². The van der Waals surface area contributed by atoms with Crippen LogP contribution in [0.5, 0.6) is 11.5 Å². The molecule has 6 heteroatoms. The van der Waals surface area contributed by atoms with Crippen LogP contribution in [0, 0.1) is 0 Å². The number of hydrazone groups is 1. The van der Waals surface area contributed by atoms with Gasteiger partial charge in [0.1, 0.15) is 11.5 Å². The van der Waals surface area contributed by atoms with Crippen molar-refractivity contribution in [2.75, 3.05) is 7.11 Å².